The molecule has 5 nitrogen and oxygen atoms in total. The number of benzene rings is 1. The average molecular weight is 441 g/mol. The van der Waals surface area contributed by atoms with E-state index in [1.165, 1.54) is 46.8 Å². The van der Waals surface area contributed by atoms with Gasteiger partial charge in [-0.3, -0.25) is 0 Å². The van der Waals surface area contributed by atoms with Crippen LogP contribution in [-0.2, 0) is 10.1 Å². The van der Waals surface area contributed by atoms with Crippen LogP contribution in [0.4, 0.5) is 0 Å². The highest BCUT2D eigenvalue weighted by Crippen LogP contribution is 2.27. The van der Waals surface area contributed by atoms with Gasteiger partial charge in [-0.25, -0.2) is 13.0 Å². The molecule has 154 valence electrons. The van der Waals surface area contributed by atoms with Crippen LogP contribution in [0.15, 0.2) is 52.4 Å². The zero-order valence-electron chi connectivity index (χ0n) is 16.6. The maximum absolute atomic E-state index is 10.4. The molecule has 0 N–H and O–H groups in total. The van der Waals surface area contributed by atoms with Gasteiger partial charge in [0.2, 0.25) is 5.04 Å². The van der Waals surface area contributed by atoms with Crippen LogP contribution in [0.25, 0.3) is 0 Å². The summed E-state index contributed by atoms with van der Waals surface area (Å²) in [5.41, 5.74) is 0.928. The molecular weight excluding hydrogens is 412 g/mol. The largest absolute Gasteiger partial charge is 0.744 e. The van der Waals surface area contributed by atoms with Crippen molar-refractivity contribution in [2.24, 2.45) is 0 Å². The van der Waals surface area contributed by atoms with Crippen LogP contribution in [0.3, 0.4) is 0 Å². The van der Waals surface area contributed by atoms with Gasteiger partial charge in [-0.1, -0.05) is 35.5 Å². The van der Waals surface area contributed by atoms with Crippen LogP contribution in [0.2, 0.25) is 0 Å². The molecule has 0 aliphatic carbocycles. The van der Waals surface area contributed by atoms with Crippen molar-refractivity contribution < 1.29 is 17.5 Å². The van der Waals surface area contributed by atoms with Crippen molar-refractivity contribution in [3.63, 3.8) is 0 Å². The maximum Gasteiger partial charge on any atom is 0.234 e. The molecule has 0 atom stereocenters. The Morgan fingerprint density at radius 3 is 2.50 bits per heavy atom. The van der Waals surface area contributed by atoms with Gasteiger partial charge in [-0.2, -0.15) is 0 Å². The monoisotopic (exact) mass is 440 g/mol. The van der Waals surface area contributed by atoms with Gasteiger partial charge in [0.1, 0.15) is 16.7 Å². The second-order valence-electron chi connectivity index (χ2n) is 6.33. The SMILES string of the molecule is CCN1CCS/C1=C\C=C\C1=[N+](CC)CCS1.Cc1ccc(S(=O)(=O)[O-])cc1. The van der Waals surface area contributed by atoms with E-state index in [2.05, 4.69) is 41.6 Å². The third kappa shape index (κ3) is 6.99. The molecule has 1 aromatic carbocycles. The molecule has 0 amide bonds. The first-order valence-corrected chi connectivity index (χ1v) is 12.8. The fraction of sp³-hybridized carbons (Fsp3) is 0.450. The summed E-state index contributed by atoms with van der Waals surface area (Å²) in [5, 5.41) is 2.85. The van der Waals surface area contributed by atoms with E-state index in [9.17, 15) is 13.0 Å². The van der Waals surface area contributed by atoms with Crippen molar-refractivity contribution in [3.05, 3.63) is 53.1 Å². The highest BCUT2D eigenvalue weighted by Gasteiger charge is 2.18. The molecular formula is C20H28N2O3S3. The van der Waals surface area contributed by atoms with E-state index >= 15 is 0 Å². The summed E-state index contributed by atoms with van der Waals surface area (Å²) in [4.78, 5) is 2.27. The van der Waals surface area contributed by atoms with E-state index in [0.717, 1.165) is 18.7 Å². The fourth-order valence-electron chi connectivity index (χ4n) is 2.78. The van der Waals surface area contributed by atoms with Crippen molar-refractivity contribution in [3.8, 4) is 0 Å². The summed E-state index contributed by atoms with van der Waals surface area (Å²) >= 11 is 3.94. The Morgan fingerprint density at radius 2 is 1.89 bits per heavy atom. The zero-order valence-corrected chi connectivity index (χ0v) is 19.1. The minimum absolute atomic E-state index is 0.178. The third-order valence-electron chi connectivity index (χ3n) is 4.40. The van der Waals surface area contributed by atoms with Gasteiger partial charge >= 0.3 is 0 Å². The first-order chi connectivity index (χ1) is 13.3. The van der Waals surface area contributed by atoms with E-state index in [0.29, 0.717) is 0 Å². The Morgan fingerprint density at radius 1 is 1.18 bits per heavy atom. The predicted octanol–water partition coefficient (Wildman–Crippen LogP) is 3.53. The van der Waals surface area contributed by atoms with Gasteiger partial charge in [0, 0.05) is 24.9 Å². The predicted molar refractivity (Wildman–Crippen MR) is 119 cm³/mol. The molecule has 1 saturated heterocycles. The van der Waals surface area contributed by atoms with Crippen LogP contribution in [0.1, 0.15) is 19.4 Å². The Labute approximate surface area is 177 Å². The molecule has 0 radical (unpaired) electrons. The number of aryl methyl sites for hydroxylation is 1. The molecule has 2 aliphatic heterocycles. The van der Waals surface area contributed by atoms with Crippen LogP contribution in [-0.4, -0.2) is 65.2 Å². The summed E-state index contributed by atoms with van der Waals surface area (Å²) < 4.78 is 33.6. The molecule has 0 saturated carbocycles. The molecule has 0 bridgehead atoms. The molecule has 0 spiro atoms. The smallest absolute Gasteiger partial charge is 0.234 e. The quantitative estimate of drug-likeness (QED) is 0.516. The minimum atomic E-state index is -4.27. The molecule has 1 fully saturated rings. The lowest BCUT2D eigenvalue weighted by atomic mass is 10.2. The van der Waals surface area contributed by atoms with Crippen LogP contribution in [0.5, 0.6) is 0 Å². The minimum Gasteiger partial charge on any atom is -0.744 e. The fourth-order valence-corrected chi connectivity index (χ4v) is 5.44. The van der Waals surface area contributed by atoms with Gasteiger partial charge in [0.15, 0.2) is 6.54 Å². The first kappa shape index (κ1) is 23.1. The lowest BCUT2D eigenvalue weighted by molar-refractivity contribution is -0.513. The Hall–Kier alpha value is -1.22. The zero-order chi connectivity index (χ0) is 20.6. The topological polar surface area (TPSA) is 63.5 Å². The second-order valence-corrected chi connectivity index (χ2v) is 9.94. The highest BCUT2D eigenvalue weighted by atomic mass is 32.2. The Bertz CT molecular complexity index is 844. The van der Waals surface area contributed by atoms with Crippen molar-refractivity contribution in [2.75, 3.05) is 37.7 Å². The number of hydrogen-bond donors (Lipinski definition) is 0. The standard InChI is InChI=1S/C13H21N2S2.C7H8O3S/c1-3-14-8-10-16-12(14)6-5-7-13-15(4-2)9-11-17-13;1-6-2-4-7(5-3-6)11(8,9)10/h5-7H,3-4,8-11H2,1-2H3;2-5H,1H3,(H,8,9,10)/q+1;/p-1. The van der Waals surface area contributed by atoms with Gasteiger partial charge in [-0.15, -0.1) is 11.8 Å². The van der Waals surface area contributed by atoms with Crippen molar-refractivity contribution in [2.45, 2.75) is 25.7 Å². The average Bonchev–Trinajstić information content (AvgIpc) is 3.30. The maximum atomic E-state index is 10.4. The van der Waals surface area contributed by atoms with Gasteiger partial charge in [0.05, 0.1) is 15.7 Å². The van der Waals surface area contributed by atoms with Gasteiger partial charge in [0.25, 0.3) is 0 Å². The number of allylic oxidation sites excluding steroid dienone is 2. The molecule has 1 aromatic rings. The summed E-state index contributed by atoms with van der Waals surface area (Å²) in [6, 6.07) is 5.78. The van der Waals surface area contributed by atoms with Gasteiger partial charge < -0.3 is 9.45 Å². The molecule has 2 heterocycles. The summed E-state index contributed by atoms with van der Waals surface area (Å²) in [6.45, 7) is 10.9. The van der Waals surface area contributed by atoms with Crippen LogP contribution in [0, 0.1) is 6.92 Å². The van der Waals surface area contributed by atoms with E-state index in [-0.39, 0.29) is 4.90 Å². The lowest BCUT2D eigenvalue weighted by Crippen LogP contribution is -2.16. The molecule has 28 heavy (non-hydrogen) atoms. The second kappa shape index (κ2) is 11.1. The molecule has 3 rings (SSSR count). The molecule has 8 heteroatoms. The Balaban J connectivity index is 0.000000221. The number of thioether (sulfide) groups is 2. The molecule has 2 aliphatic rings. The van der Waals surface area contributed by atoms with Crippen LogP contribution >= 0.6 is 23.5 Å². The summed E-state index contributed by atoms with van der Waals surface area (Å²) in [5.74, 6) is 2.47. The van der Waals surface area contributed by atoms with Crippen LogP contribution < -0.4 is 0 Å². The molecule has 0 unspecified atom stereocenters. The number of hydrogen-bond acceptors (Lipinski definition) is 6. The van der Waals surface area contributed by atoms with Crippen molar-refractivity contribution in [1.29, 1.82) is 0 Å². The van der Waals surface area contributed by atoms with E-state index in [1.54, 1.807) is 12.1 Å². The summed E-state index contributed by atoms with van der Waals surface area (Å²) in [6.07, 6.45) is 6.74. The first-order valence-electron chi connectivity index (χ1n) is 9.38. The normalized spacial score (nSPS) is 18.9. The van der Waals surface area contributed by atoms with E-state index < -0.39 is 10.1 Å². The lowest BCUT2D eigenvalue weighted by Gasteiger charge is -2.14. The van der Waals surface area contributed by atoms with E-state index in [1.807, 2.05) is 30.4 Å². The van der Waals surface area contributed by atoms with E-state index in [4.69, 9.17) is 0 Å². The number of nitrogens with zero attached hydrogens (tertiary/aromatic N) is 2. The summed E-state index contributed by atoms with van der Waals surface area (Å²) in [7, 11) is -4.27. The third-order valence-corrected chi connectivity index (χ3v) is 7.40. The molecule has 0 aromatic heterocycles. The Kier molecular flexibility index (Phi) is 9.14. The number of rotatable bonds is 5. The van der Waals surface area contributed by atoms with Crippen molar-refractivity contribution in [1.82, 2.24) is 4.90 Å². The van der Waals surface area contributed by atoms with Crippen molar-refractivity contribution >= 4 is 38.7 Å². The van der Waals surface area contributed by atoms with Gasteiger partial charge in [-0.05, 0) is 39.0 Å². The highest BCUT2D eigenvalue weighted by molar-refractivity contribution is 8.14.